The van der Waals surface area contributed by atoms with Gasteiger partial charge >= 0.3 is 5.69 Å². The summed E-state index contributed by atoms with van der Waals surface area (Å²) in [4.78, 5) is 37.7. The molecule has 0 aliphatic carbocycles. The lowest BCUT2D eigenvalue weighted by Gasteiger charge is -2.16. The van der Waals surface area contributed by atoms with Gasteiger partial charge in [0.25, 0.3) is 11.3 Å². The van der Waals surface area contributed by atoms with Gasteiger partial charge in [-0.1, -0.05) is 25.6 Å². The molecule has 0 saturated carbocycles. The molecular formula is C18H22F2N4O3S. The molecule has 0 aliphatic rings. The van der Waals surface area contributed by atoms with Crippen molar-refractivity contribution >= 4 is 29.1 Å². The first-order valence-corrected chi connectivity index (χ1v) is 9.41. The van der Waals surface area contributed by atoms with Gasteiger partial charge in [0.15, 0.2) is 5.78 Å². The highest BCUT2D eigenvalue weighted by Crippen LogP contribution is 2.26. The van der Waals surface area contributed by atoms with Gasteiger partial charge in [0.1, 0.15) is 11.4 Å². The number of nitrogens with zero attached hydrogens (tertiary/aromatic N) is 2. The largest absolute Gasteiger partial charge is 0.384 e. The number of thioether (sulfide) groups is 1. The minimum atomic E-state index is -2.51. The highest BCUT2D eigenvalue weighted by atomic mass is 32.2. The van der Waals surface area contributed by atoms with Crippen LogP contribution in [0.25, 0.3) is 0 Å². The van der Waals surface area contributed by atoms with E-state index in [0.29, 0.717) is 22.3 Å². The van der Waals surface area contributed by atoms with E-state index in [9.17, 15) is 23.2 Å². The normalized spacial score (nSPS) is 11.2. The van der Waals surface area contributed by atoms with Crippen LogP contribution in [0, 0.1) is 5.92 Å². The Morgan fingerprint density at radius 3 is 2.36 bits per heavy atom. The topological polar surface area (TPSA) is 99.1 Å². The summed E-state index contributed by atoms with van der Waals surface area (Å²) in [5, 5.41) is 2.83. The number of anilines is 2. The van der Waals surface area contributed by atoms with E-state index in [-0.39, 0.29) is 30.4 Å². The zero-order valence-corrected chi connectivity index (χ0v) is 16.6. The first kappa shape index (κ1) is 21.7. The Morgan fingerprint density at radius 1 is 1.21 bits per heavy atom. The van der Waals surface area contributed by atoms with Crippen LogP contribution in [0.4, 0.5) is 20.3 Å². The standard InChI is InChI=1S/C18H22F2N4O3S/c1-10(2)9-24-15(21)14(16(26)23(3)18(24)27)13(25)8-22-11-4-6-12(7-5-11)28-17(19)20/h4-7,10,17,22H,8-9,21H2,1-3H3. The number of carbonyl (C=O) groups excluding carboxylic acids is 1. The molecule has 10 heteroatoms. The summed E-state index contributed by atoms with van der Waals surface area (Å²) in [5.74, 6) is -3.15. The van der Waals surface area contributed by atoms with Gasteiger partial charge in [0, 0.05) is 24.2 Å². The number of nitrogen functional groups attached to an aromatic ring is 1. The Kier molecular flexibility index (Phi) is 7.00. The van der Waals surface area contributed by atoms with E-state index >= 15 is 0 Å². The van der Waals surface area contributed by atoms with Crippen LogP contribution in [0.15, 0.2) is 38.8 Å². The number of aromatic nitrogens is 2. The molecule has 0 amide bonds. The van der Waals surface area contributed by atoms with Crippen LogP contribution in [0.1, 0.15) is 24.2 Å². The lowest BCUT2D eigenvalue weighted by molar-refractivity contribution is 0.100. The number of rotatable bonds is 8. The van der Waals surface area contributed by atoms with Gasteiger partial charge in [0.2, 0.25) is 0 Å². The lowest BCUT2D eigenvalue weighted by Crippen LogP contribution is -2.43. The van der Waals surface area contributed by atoms with Gasteiger partial charge in [-0.3, -0.25) is 18.7 Å². The van der Waals surface area contributed by atoms with Gasteiger partial charge in [-0.25, -0.2) is 4.79 Å². The molecule has 2 rings (SSSR count). The second-order valence-electron chi connectivity index (χ2n) is 6.59. The van der Waals surface area contributed by atoms with Crippen LogP contribution in [0.5, 0.6) is 0 Å². The summed E-state index contributed by atoms with van der Waals surface area (Å²) >= 11 is 0.421. The number of hydrogen-bond donors (Lipinski definition) is 2. The Hall–Kier alpha value is -2.62. The zero-order chi connectivity index (χ0) is 21.0. The fraction of sp³-hybridized carbons (Fsp3) is 0.389. The van der Waals surface area contributed by atoms with Crippen molar-refractivity contribution in [2.45, 2.75) is 31.0 Å². The van der Waals surface area contributed by atoms with Crippen molar-refractivity contribution in [2.75, 3.05) is 17.6 Å². The summed E-state index contributed by atoms with van der Waals surface area (Å²) < 4.78 is 26.8. The molecule has 0 radical (unpaired) electrons. The third-order valence-corrected chi connectivity index (χ3v) is 4.66. The van der Waals surface area contributed by atoms with Crippen LogP contribution < -0.4 is 22.3 Å². The molecule has 1 heterocycles. The third kappa shape index (κ3) is 5.00. The summed E-state index contributed by atoms with van der Waals surface area (Å²) in [6.45, 7) is 3.81. The van der Waals surface area contributed by atoms with Crippen molar-refractivity contribution in [1.82, 2.24) is 9.13 Å². The summed E-state index contributed by atoms with van der Waals surface area (Å²) in [6.07, 6.45) is 0. The molecule has 1 aromatic carbocycles. The molecule has 0 atom stereocenters. The van der Waals surface area contributed by atoms with Crippen molar-refractivity contribution in [1.29, 1.82) is 0 Å². The third-order valence-electron chi connectivity index (χ3n) is 3.94. The maximum atomic E-state index is 12.6. The first-order chi connectivity index (χ1) is 13.1. The molecule has 0 bridgehead atoms. The van der Waals surface area contributed by atoms with Crippen LogP contribution in [-0.4, -0.2) is 27.2 Å². The Balaban J connectivity index is 2.23. The number of benzene rings is 1. The van der Waals surface area contributed by atoms with Crippen molar-refractivity contribution in [3.05, 3.63) is 50.7 Å². The van der Waals surface area contributed by atoms with Crippen molar-refractivity contribution in [3.63, 3.8) is 0 Å². The van der Waals surface area contributed by atoms with Crippen LogP contribution in [0.2, 0.25) is 0 Å². The predicted octanol–water partition coefficient (Wildman–Crippen LogP) is 2.39. The highest BCUT2D eigenvalue weighted by Gasteiger charge is 2.21. The first-order valence-electron chi connectivity index (χ1n) is 8.53. The molecule has 3 N–H and O–H groups in total. The molecule has 152 valence electrons. The monoisotopic (exact) mass is 412 g/mol. The fourth-order valence-electron chi connectivity index (χ4n) is 2.61. The number of hydrogen-bond acceptors (Lipinski definition) is 6. The predicted molar refractivity (Wildman–Crippen MR) is 106 cm³/mol. The Morgan fingerprint density at radius 2 is 1.82 bits per heavy atom. The second kappa shape index (κ2) is 9.05. The SMILES string of the molecule is CC(C)Cn1c(N)c(C(=O)CNc2ccc(SC(F)F)cc2)c(=O)n(C)c1=O. The zero-order valence-electron chi connectivity index (χ0n) is 15.7. The van der Waals surface area contributed by atoms with E-state index in [0.717, 1.165) is 4.57 Å². The molecular weight excluding hydrogens is 390 g/mol. The molecule has 0 aliphatic heterocycles. The number of ketones is 1. The quantitative estimate of drug-likeness (QED) is 0.510. The van der Waals surface area contributed by atoms with Crippen molar-refractivity contribution in [3.8, 4) is 0 Å². The van der Waals surface area contributed by atoms with Crippen molar-refractivity contribution < 1.29 is 13.6 Å². The van der Waals surface area contributed by atoms with Gasteiger partial charge < -0.3 is 11.1 Å². The minimum Gasteiger partial charge on any atom is -0.384 e. The molecule has 28 heavy (non-hydrogen) atoms. The average Bonchev–Trinajstić information content (AvgIpc) is 2.62. The maximum absolute atomic E-state index is 12.6. The van der Waals surface area contributed by atoms with Gasteiger partial charge in [-0.05, 0) is 30.2 Å². The fourth-order valence-corrected chi connectivity index (χ4v) is 3.11. The van der Waals surface area contributed by atoms with Crippen LogP contribution >= 0.6 is 11.8 Å². The number of nitrogens with one attached hydrogen (secondary N) is 1. The van der Waals surface area contributed by atoms with E-state index in [2.05, 4.69) is 5.32 Å². The number of nitrogens with two attached hydrogens (primary N) is 1. The summed E-state index contributed by atoms with van der Waals surface area (Å²) in [5.41, 5.74) is 4.91. The number of alkyl halides is 2. The highest BCUT2D eigenvalue weighted by molar-refractivity contribution is 7.99. The lowest BCUT2D eigenvalue weighted by atomic mass is 10.1. The smallest absolute Gasteiger partial charge is 0.332 e. The molecule has 2 aromatic rings. The maximum Gasteiger partial charge on any atom is 0.332 e. The van der Waals surface area contributed by atoms with Crippen LogP contribution in [-0.2, 0) is 13.6 Å². The van der Waals surface area contributed by atoms with E-state index in [1.165, 1.54) is 23.7 Å². The number of Topliss-reactive ketones (excluding diaryl/α,β-unsaturated/α-hetero) is 1. The van der Waals surface area contributed by atoms with E-state index < -0.39 is 22.8 Å². The summed E-state index contributed by atoms with van der Waals surface area (Å²) in [7, 11) is 1.30. The molecule has 0 saturated heterocycles. The van der Waals surface area contributed by atoms with E-state index in [1.54, 1.807) is 12.1 Å². The molecule has 0 spiro atoms. The Labute approximate surface area is 164 Å². The van der Waals surface area contributed by atoms with Crippen molar-refractivity contribution in [2.24, 2.45) is 13.0 Å². The average molecular weight is 412 g/mol. The number of halogens is 2. The summed E-state index contributed by atoms with van der Waals surface area (Å²) in [6, 6.07) is 6.11. The minimum absolute atomic E-state index is 0.0863. The van der Waals surface area contributed by atoms with Gasteiger partial charge in [0.05, 0.1) is 6.54 Å². The van der Waals surface area contributed by atoms with Gasteiger partial charge in [-0.15, -0.1) is 0 Å². The molecule has 7 nitrogen and oxygen atoms in total. The molecule has 1 aromatic heterocycles. The van der Waals surface area contributed by atoms with Crippen LogP contribution in [0.3, 0.4) is 0 Å². The van der Waals surface area contributed by atoms with Gasteiger partial charge in [-0.2, -0.15) is 8.78 Å². The molecule has 0 fully saturated rings. The Bertz CT molecular complexity index is 969. The second-order valence-corrected chi connectivity index (χ2v) is 7.65. The number of carbonyl (C=O) groups is 1. The molecule has 0 unspecified atom stereocenters. The van der Waals surface area contributed by atoms with E-state index in [4.69, 9.17) is 5.73 Å². The van der Waals surface area contributed by atoms with E-state index in [1.807, 2.05) is 13.8 Å².